The van der Waals surface area contributed by atoms with Crippen LogP contribution in [0.15, 0.2) is 0 Å². The molecule has 0 aliphatic heterocycles. The highest BCUT2D eigenvalue weighted by Crippen LogP contribution is 2.28. The molecule has 1 fully saturated rings. The van der Waals surface area contributed by atoms with Gasteiger partial charge >= 0.3 is 12.0 Å². The van der Waals surface area contributed by atoms with Gasteiger partial charge in [0.25, 0.3) is 0 Å². The van der Waals surface area contributed by atoms with Crippen LogP contribution in [0.3, 0.4) is 0 Å². The lowest BCUT2D eigenvalue weighted by atomic mass is 9.82. The summed E-state index contributed by atoms with van der Waals surface area (Å²) in [6.07, 6.45) is 4.37. The summed E-state index contributed by atoms with van der Waals surface area (Å²) < 4.78 is 21.8. The Morgan fingerprint density at radius 3 is 2.26 bits per heavy atom. The third-order valence-corrected chi connectivity index (χ3v) is 4.17. The number of carbonyl (C=O) groups is 2. The van der Waals surface area contributed by atoms with E-state index in [0.717, 1.165) is 25.5 Å². The zero-order valence-electron chi connectivity index (χ0n) is 10.9. The number of hydrogen-bond acceptors (Lipinski definition) is 4. The zero-order valence-corrected chi connectivity index (χ0v) is 11.8. The van der Waals surface area contributed by atoms with Crippen molar-refractivity contribution in [1.29, 1.82) is 0 Å². The van der Waals surface area contributed by atoms with Gasteiger partial charge in [0.05, 0.1) is 5.75 Å². The quantitative estimate of drug-likeness (QED) is 0.666. The van der Waals surface area contributed by atoms with Gasteiger partial charge in [-0.2, -0.15) is 0 Å². The molecule has 0 aromatic carbocycles. The van der Waals surface area contributed by atoms with Crippen molar-refractivity contribution in [1.82, 2.24) is 10.6 Å². The van der Waals surface area contributed by atoms with Gasteiger partial charge in [0.2, 0.25) is 0 Å². The molecule has 19 heavy (non-hydrogen) atoms. The molecule has 0 heterocycles. The van der Waals surface area contributed by atoms with Crippen molar-refractivity contribution in [2.24, 2.45) is 0 Å². The van der Waals surface area contributed by atoms with Gasteiger partial charge in [-0.1, -0.05) is 19.3 Å². The fraction of sp³-hybridized carbons (Fsp3) is 0.818. The molecule has 0 saturated heterocycles. The van der Waals surface area contributed by atoms with E-state index in [9.17, 15) is 23.1 Å². The lowest BCUT2D eigenvalue weighted by molar-refractivity contribution is -0.145. The predicted molar refractivity (Wildman–Crippen MR) is 69.7 cm³/mol. The monoisotopic (exact) mass is 292 g/mol. The van der Waals surface area contributed by atoms with Crippen LogP contribution in [0.1, 0.15) is 32.1 Å². The molecule has 7 nitrogen and oxygen atoms in total. The van der Waals surface area contributed by atoms with Gasteiger partial charge < -0.3 is 15.7 Å². The maximum Gasteiger partial charge on any atom is 0.329 e. The summed E-state index contributed by atoms with van der Waals surface area (Å²) in [5.41, 5.74) is -1.21. The summed E-state index contributed by atoms with van der Waals surface area (Å²) in [6.45, 7) is -0.0274. The second kappa shape index (κ2) is 6.23. The Bertz CT molecular complexity index is 440. The van der Waals surface area contributed by atoms with Crippen molar-refractivity contribution < 1.29 is 23.1 Å². The lowest BCUT2D eigenvalue weighted by Crippen LogP contribution is -2.58. The van der Waals surface area contributed by atoms with Gasteiger partial charge in [0, 0.05) is 12.8 Å². The number of carboxylic acid groups (broad SMARTS) is 1. The van der Waals surface area contributed by atoms with E-state index in [1.807, 2.05) is 0 Å². The van der Waals surface area contributed by atoms with Gasteiger partial charge in [-0.3, -0.25) is 0 Å². The summed E-state index contributed by atoms with van der Waals surface area (Å²) in [6, 6.07) is -0.632. The van der Waals surface area contributed by atoms with Crippen LogP contribution in [0.2, 0.25) is 0 Å². The number of carboxylic acids is 1. The van der Waals surface area contributed by atoms with Crippen LogP contribution < -0.4 is 10.6 Å². The molecule has 1 aliphatic carbocycles. The molecule has 0 unspecified atom stereocenters. The van der Waals surface area contributed by atoms with E-state index in [4.69, 9.17) is 0 Å². The van der Waals surface area contributed by atoms with Crippen LogP contribution in [-0.2, 0) is 14.6 Å². The van der Waals surface area contributed by atoms with E-state index in [0.29, 0.717) is 12.8 Å². The minimum atomic E-state index is -3.14. The van der Waals surface area contributed by atoms with Crippen LogP contribution in [0.4, 0.5) is 4.79 Å². The Labute approximate surface area is 112 Å². The van der Waals surface area contributed by atoms with Gasteiger partial charge in [0.1, 0.15) is 15.4 Å². The van der Waals surface area contributed by atoms with Crippen molar-refractivity contribution in [2.45, 2.75) is 37.6 Å². The van der Waals surface area contributed by atoms with E-state index in [-0.39, 0.29) is 12.3 Å². The molecule has 1 saturated carbocycles. The highest BCUT2D eigenvalue weighted by molar-refractivity contribution is 7.90. The van der Waals surface area contributed by atoms with Crippen LogP contribution in [0.25, 0.3) is 0 Å². The maximum absolute atomic E-state index is 11.6. The fourth-order valence-corrected chi connectivity index (χ4v) is 2.63. The average Bonchev–Trinajstić information content (AvgIpc) is 2.28. The summed E-state index contributed by atoms with van der Waals surface area (Å²) in [7, 11) is -3.14. The van der Waals surface area contributed by atoms with E-state index < -0.39 is 27.4 Å². The molecule has 0 radical (unpaired) electrons. The Hall–Kier alpha value is -1.31. The highest BCUT2D eigenvalue weighted by Gasteiger charge is 2.40. The standard InChI is InChI=1S/C11H20N2O5S/c1-19(17,18)8-7-12-10(16)13-11(9(14)15)5-3-2-4-6-11/h2-8H2,1H3,(H,14,15)(H2,12,13,16). The normalized spacial score (nSPS) is 18.6. The van der Waals surface area contributed by atoms with E-state index >= 15 is 0 Å². The number of carbonyl (C=O) groups excluding carboxylic acids is 1. The van der Waals surface area contributed by atoms with Crippen molar-refractivity contribution in [3.8, 4) is 0 Å². The van der Waals surface area contributed by atoms with E-state index in [1.165, 1.54) is 0 Å². The molecule has 0 atom stereocenters. The molecule has 110 valence electrons. The second-order valence-corrected chi connectivity index (χ2v) is 7.22. The SMILES string of the molecule is CS(=O)(=O)CCNC(=O)NC1(C(=O)O)CCCCC1. The molecule has 0 aromatic rings. The topological polar surface area (TPSA) is 113 Å². The molecule has 1 rings (SSSR count). The Morgan fingerprint density at radius 1 is 1.21 bits per heavy atom. The summed E-state index contributed by atoms with van der Waals surface area (Å²) >= 11 is 0. The first-order chi connectivity index (χ1) is 8.75. The van der Waals surface area contributed by atoms with Gasteiger partial charge in [0.15, 0.2) is 0 Å². The molecule has 2 amide bonds. The van der Waals surface area contributed by atoms with Crippen LogP contribution >= 0.6 is 0 Å². The Balaban J connectivity index is 2.51. The molecule has 8 heteroatoms. The largest absolute Gasteiger partial charge is 0.480 e. The number of nitrogens with one attached hydrogen (secondary N) is 2. The number of hydrogen-bond donors (Lipinski definition) is 3. The number of amides is 2. The molecular formula is C11H20N2O5S. The Kier molecular flexibility index (Phi) is 5.16. The molecule has 1 aliphatic rings. The number of sulfone groups is 1. The maximum atomic E-state index is 11.6. The third kappa shape index (κ3) is 5.06. The molecule has 0 spiro atoms. The van der Waals surface area contributed by atoms with Crippen LogP contribution in [0.5, 0.6) is 0 Å². The van der Waals surface area contributed by atoms with Gasteiger partial charge in [-0.25, -0.2) is 18.0 Å². The smallest absolute Gasteiger partial charge is 0.329 e. The average molecular weight is 292 g/mol. The number of aliphatic carboxylic acids is 1. The number of urea groups is 1. The summed E-state index contributed by atoms with van der Waals surface area (Å²) in [5.74, 6) is -1.20. The zero-order chi connectivity index (χ0) is 14.5. The second-order valence-electron chi connectivity index (χ2n) is 4.96. The van der Waals surface area contributed by atoms with Crippen molar-refractivity contribution in [2.75, 3.05) is 18.6 Å². The van der Waals surface area contributed by atoms with E-state index in [2.05, 4.69) is 10.6 Å². The molecule has 3 N–H and O–H groups in total. The van der Waals surface area contributed by atoms with Crippen LogP contribution in [-0.4, -0.2) is 49.6 Å². The third-order valence-electron chi connectivity index (χ3n) is 3.23. The Morgan fingerprint density at radius 2 is 1.79 bits per heavy atom. The van der Waals surface area contributed by atoms with Gasteiger partial charge in [-0.15, -0.1) is 0 Å². The van der Waals surface area contributed by atoms with Crippen molar-refractivity contribution >= 4 is 21.8 Å². The van der Waals surface area contributed by atoms with Crippen molar-refractivity contribution in [3.05, 3.63) is 0 Å². The summed E-state index contributed by atoms with van der Waals surface area (Å²) in [4.78, 5) is 22.9. The molecular weight excluding hydrogens is 272 g/mol. The summed E-state index contributed by atoms with van der Waals surface area (Å²) in [5, 5.41) is 14.1. The lowest BCUT2D eigenvalue weighted by Gasteiger charge is -2.33. The first-order valence-electron chi connectivity index (χ1n) is 6.22. The molecule has 0 aromatic heterocycles. The molecule has 0 bridgehead atoms. The van der Waals surface area contributed by atoms with E-state index in [1.54, 1.807) is 0 Å². The predicted octanol–water partition coefficient (Wildman–Crippen LogP) is 0.118. The first kappa shape index (κ1) is 15.7. The minimum absolute atomic E-state index is 0.0274. The van der Waals surface area contributed by atoms with Crippen molar-refractivity contribution in [3.63, 3.8) is 0 Å². The minimum Gasteiger partial charge on any atom is -0.480 e. The highest BCUT2D eigenvalue weighted by atomic mass is 32.2. The van der Waals surface area contributed by atoms with Crippen LogP contribution in [0, 0.1) is 0 Å². The van der Waals surface area contributed by atoms with Gasteiger partial charge in [-0.05, 0) is 12.8 Å². The number of rotatable bonds is 5. The first-order valence-corrected chi connectivity index (χ1v) is 8.28. The fourth-order valence-electron chi connectivity index (χ4n) is 2.16.